The van der Waals surface area contributed by atoms with Crippen molar-refractivity contribution in [1.29, 1.82) is 0 Å². The summed E-state index contributed by atoms with van der Waals surface area (Å²) in [5.41, 5.74) is 0. The van der Waals surface area contributed by atoms with E-state index in [1.54, 1.807) is 0 Å². The zero-order valence-corrected chi connectivity index (χ0v) is 13.9. The summed E-state index contributed by atoms with van der Waals surface area (Å²) >= 11 is 0. The smallest absolute Gasteiger partial charge is 0.241 e. The summed E-state index contributed by atoms with van der Waals surface area (Å²) in [5.74, 6) is 2.18. The van der Waals surface area contributed by atoms with E-state index in [-0.39, 0.29) is 12.2 Å². The fraction of sp³-hybridized carbons (Fsp3) is 0.941. The van der Waals surface area contributed by atoms with Crippen molar-refractivity contribution in [2.45, 2.75) is 85.0 Å². The fourth-order valence-electron chi connectivity index (χ4n) is 4.23. The lowest BCUT2D eigenvalue weighted by molar-refractivity contribution is -0.133. The molecule has 1 aliphatic carbocycles. The summed E-state index contributed by atoms with van der Waals surface area (Å²) in [6.45, 7) is 11.1. The van der Waals surface area contributed by atoms with Crippen molar-refractivity contribution in [3.05, 3.63) is 0 Å². The van der Waals surface area contributed by atoms with Crippen LogP contribution in [0.3, 0.4) is 0 Å². The Labute approximate surface area is 124 Å². The summed E-state index contributed by atoms with van der Waals surface area (Å²) in [7, 11) is 0. The van der Waals surface area contributed by atoms with Gasteiger partial charge in [-0.2, -0.15) is 0 Å². The highest BCUT2D eigenvalue weighted by Gasteiger charge is 2.47. The zero-order chi connectivity index (χ0) is 14.9. The van der Waals surface area contributed by atoms with Crippen molar-refractivity contribution in [3.8, 4) is 0 Å². The van der Waals surface area contributed by atoms with E-state index in [0.29, 0.717) is 23.8 Å². The van der Waals surface area contributed by atoms with E-state index in [2.05, 4.69) is 44.8 Å². The number of rotatable bonds is 5. The molecule has 5 unspecified atom stereocenters. The lowest BCUT2D eigenvalue weighted by Gasteiger charge is -2.34. The van der Waals surface area contributed by atoms with Gasteiger partial charge in [0, 0.05) is 6.04 Å². The van der Waals surface area contributed by atoms with Gasteiger partial charge in [0.15, 0.2) is 0 Å². The number of hydrogen-bond donors (Lipinski definition) is 1. The Morgan fingerprint density at radius 2 is 2.00 bits per heavy atom. The quantitative estimate of drug-likeness (QED) is 0.837. The van der Waals surface area contributed by atoms with Crippen molar-refractivity contribution in [1.82, 2.24) is 10.2 Å². The fourth-order valence-corrected chi connectivity index (χ4v) is 4.23. The van der Waals surface area contributed by atoms with Crippen LogP contribution in [0.5, 0.6) is 0 Å². The van der Waals surface area contributed by atoms with E-state index < -0.39 is 0 Å². The highest BCUT2D eigenvalue weighted by Crippen LogP contribution is 2.39. The van der Waals surface area contributed by atoms with Crippen LogP contribution in [0.2, 0.25) is 0 Å². The predicted octanol–water partition coefficient (Wildman–Crippen LogP) is 3.39. The number of nitrogens with one attached hydrogen (secondary N) is 1. The topological polar surface area (TPSA) is 32.3 Å². The van der Waals surface area contributed by atoms with E-state index in [1.165, 1.54) is 19.3 Å². The molecule has 116 valence electrons. The van der Waals surface area contributed by atoms with Crippen LogP contribution in [0.15, 0.2) is 0 Å². The molecule has 2 rings (SSSR count). The number of amides is 1. The summed E-state index contributed by atoms with van der Waals surface area (Å²) in [4.78, 5) is 15.1. The summed E-state index contributed by atoms with van der Waals surface area (Å²) in [5, 5.41) is 3.60. The van der Waals surface area contributed by atoms with Crippen LogP contribution >= 0.6 is 0 Å². The Kier molecular flexibility index (Phi) is 5.11. The van der Waals surface area contributed by atoms with Crippen LogP contribution in [0.4, 0.5) is 0 Å². The molecule has 5 atom stereocenters. The van der Waals surface area contributed by atoms with Gasteiger partial charge >= 0.3 is 0 Å². The molecule has 0 aromatic carbocycles. The standard InChI is InChI=1S/C17H32N2O/c1-6-8-15-18-16(11(3)4)17(20)19(15)14-10-9-13(7-2)12(14)5/h11-16,18H,6-10H2,1-5H3. The molecule has 0 aromatic rings. The van der Waals surface area contributed by atoms with Crippen molar-refractivity contribution in [2.75, 3.05) is 0 Å². The molecule has 2 fully saturated rings. The largest absolute Gasteiger partial charge is 0.323 e. The maximum absolute atomic E-state index is 12.8. The third kappa shape index (κ3) is 2.74. The van der Waals surface area contributed by atoms with Crippen molar-refractivity contribution in [2.24, 2.45) is 17.8 Å². The van der Waals surface area contributed by atoms with Crippen LogP contribution in [-0.2, 0) is 4.79 Å². The Morgan fingerprint density at radius 1 is 1.30 bits per heavy atom. The van der Waals surface area contributed by atoms with E-state index >= 15 is 0 Å². The monoisotopic (exact) mass is 280 g/mol. The average Bonchev–Trinajstić information content (AvgIpc) is 2.91. The molecule has 3 heteroatoms. The SMILES string of the molecule is CCCC1NC(C(C)C)C(=O)N1C1CCC(CC)C1C. The molecule has 0 spiro atoms. The minimum absolute atomic E-state index is 0.0272. The first-order chi connectivity index (χ1) is 9.51. The van der Waals surface area contributed by atoms with Gasteiger partial charge in [-0.15, -0.1) is 0 Å². The van der Waals surface area contributed by atoms with Gasteiger partial charge in [-0.05, 0) is 37.0 Å². The summed E-state index contributed by atoms with van der Waals surface area (Å²) in [6, 6.07) is 0.486. The van der Waals surface area contributed by atoms with Crippen LogP contribution < -0.4 is 5.32 Å². The Hall–Kier alpha value is -0.570. The number of carbonyl (C=O) groups excluding carboxylic acids is 1. The van der Waals surface area contributed by atoms with Crippen molar-refractivity contribution >= 4 is 5.91 Å². The highest BCUT2D eigenvalue weighted by atomic mass is 16.2. The molecular weight excluding hydrogens is 248 g/mol. The van der Waals surface area contributed by atoms with Crippen molar-refractivity contribution in [3.63, 3.8) is 0 Å². The minimum Gasteiger partial charge on any atom is -0.323 e. The van der Waals surface area contributed by atoms with Gasteiger partial charge in [-0.3, -0.25) is 10.1 Å². The second kappa shape index (κ2) is 6.46. The van der Waals surface area contributed by atoms with E-state index in [9.17, 15) is 4.79 Å². The average molecular weight is 280 g/mol. The Bertz CT molecular complexity index is 342. The summed E-state index contributed by atoms with van der Waals surface area (Å²) in [6.07, 6.45) is 6.21. The number of nitrogens with zero attached hydrogens (tertiary/aromatic N) is 1. The molecule has 20 heavy (non-hydrogen) atoms. The molecule has 0 radical (unpaired) electrons. The maximum atomic E-state index is 12.8. The van der Waals surface area contributed by atoms with E-state index in [4.69, 9.17) is 0 Å². The molecule has 2 aliphatic rings. The summed E-state index contributed by atoms with van der Waals surface area (Å²) < 4.78 is 0. The molecule has 0 bridgehead atoms. The lowest BCUT2D eigenvalue weighted by Crippen LogP contribution is -2.46. The Balaban J connectivity index is 2.16. The molecule has 1 saturated heterocycles. The molecule has 0 aromatic heterocycles. The number of carbonyl (C=O) groups is 1. The first-order valence-corrected chi connectivity index (χ1v) is 8.59. The molecule has 1 heterocycles. The van der Waals surface area contributed by atoms with E-state index in [0.717, 1.165) is 18.8 Å². The Morgan fingerprint density at radius 3 is 2.50 bits per heavy atom. The second-order valence-electron chi connectivity index (χ2n) is 7.11. The molecule has 1 amide bonds. The molecule has 1 aliphatic heterocycles. The lowest BCUT2D eigenvalue weighted by atomic mass is 9.92. The second-order valence-corrected chi connectivity index (χ2v) is 7.11. The van der Waals surface area contributed by atoms with Crippen molar-refractivity contribution < 1.29 is 4.79 Å². The van der Waals surface area contributed by atoms with Crippen LogP contribution in [0.1, 0.15) is 66.7 Å². The first kappa shape index (κ1) is 15.8. The zero-order valence-electron chi connectivity index (χ0n) is 13.9. The van der Waals surface area contributed by atoms with Gasteiger partial charge in [-0.1, -0.05) is 47.5 Å². The molecule has 1 N–H and O–H groups in total. The minimum atomic E-state index is 0.0272. The van der Waals surface area contributed by atoms with Gasteiger partial charge in [-0.25, -0.2) is 0 Å². The van der Waals surface area contributed by atoms with Gasteiger partial charge in [0.05, 0.1) is 12.2 Å². The van der Waals surface area contributed by atoms with Gasteiger partial charge in [0.1, 0.15) is 0 Å². The van der Waals surface area contributed by atoms with Crippen LogP contribution in [0, 0.1) is 17.8 Å². The molecule has 1 saturated carbocycles. The first-order valence-electron chi connectivity index (χ1n) is 8.59. The third-order valence-electron chi connectivity index (χ3n) is 5.52. The van der Waals surface area contributed by atoms with Crippen LogP contribution in [-0.4, -0.2) is 29.1 Å². The van der Waals surface area contributed by atoms with Gasteiger partial charge < -0.3 is 4.90 Å². The van der Waals surface area contributed by atoms with Gasteiger partial charge in [0.25, 0.3) is 0 Å². The van der Waals surface area contributed by atoms with Gasteiger partial charge in [0.2, 0.25) is 5.91 Å². The predicted molar refractivity (Wildman–Crippen MR) is 83.3 cm³/mol. The number of hydrogen-bond acceptors (Lipinski definition) is 2. The molecule has 3 nitrogen and oxygen atoms in total. The van der Waals surface area contributed by atoms with Crippen LogP contribution in [0.25, 0.3) is 0 Å². The molecular formula is C17H32N2O. The van der Waals surface area contributed by atoms with E-state index in [1.807, 2.05) is 0 Å². The highest BCUT2D eigenvalue weighted by molar-refractivity contribution is 5.85. The maximum Gasteiger partial charge on any atom is 0.241 e. The normalized spacial score (nSPS) is 38.2. The third-order valence-corrected chi connectivity index (χ3v) is 5.52.